The summed E-state index contributed by atoms with van der Waals surface area (Å²) in [5.41, 5.74) is -0.0416. The molecular weight excluding hydrogens is 564 g/mol. The van der Waals surface area contributed by atoms with E-state index < -0.39 is 47.8 Å². The quantitative estimate of drug-likeness (QED) is 0.265. The van der Waals surface area contributed by atoms with E-state index >= 15 is 0 Å². The molecule has 1 aliphatic carbocycles. The first-order valence-electron chi connectivity index (χ1n) is 13.2. The highest BCUT2D eigenvalue weighted by atomic mass is 35.5. The van der Waals surface area contributed by atoms with Crippen LogP contribution in [0.2, 0.25) is 5.02 Å². The van der Waals surface area contributed by atoms with Gasteiger partial charge in [-0.3, -0.25) is 0 Å². The third-order valence-electron chi connectivity index (χ3n) is 7.81. The zero-order chi connectivity index (χ0) is 28.2. The molecule has 2 fully saturated rings. The topological polar surface area (TPSA) is 164 Å². The van der Waals surface area contributed by atoms with Gasteiger partial charge < -0.3 is 38.4 Å². The minimum Gasteiger partial charge on any atom is -0.467 e. The lowest BCUT2D eigenvalue weighted by Gasteiger charge is -2.38. The third-order valence-corrected chi connectivity index (χ3v) is 8.16. The van der Waals surface area contributed by atoms with Gasteiger partial charge in [0, 0.05) is 23.6 Å². The van der Waals surface area contributed by atoms with Crippen LogP contribution in [0.1, 0.15) is 23.8 Å². The average molecular weight is 591 g/mol. The third kappa shape index (κ3) is 4.65. The summed E-state index contributed by atoms with van der Waals surface area (Å²) in [6.45, 7) is 0.311. The van der Waals surface area contributed by atoms with Crippen molar-refractivity contribution in [2.75, 3.05) is 20.0 Å². The number of ether oxygens (including phenoxy) is 4. The Morgan fingerprint density at radius 3 is 2.80 bits per heavy atom. The van der Waals surface area contributed by atoms with Crippen molar-refractivity contribution in [3.8, 4) is 11.5 Å². The van der Waals surface area contributed by atoms with Crippen molar-refractivity contribution in [3.05, 3.63) is 67.8 Å². The van der Waals surface area contributed by atoms with Crippen LogP contribution in [0.5, 0.6) is 11.5 Å². The van der Waals surface area contributed by atoms with Crippen LogP contribution in [0.3, 0.4) is 0 Å². The summed E-state index contributed by atoms with van der Waals surface area (Å²) in [4.78, 5) is 32.4. The lowest BCUT2D eigenvalue weighted by molar-refractivity contribution is -0.0264. The summed E-state index contributed by atoms with van der Waals surface area (Å²) in [5.74, 6) is 1.20. The molecule has 0 amide bonds. The van der Waals surface area contributed by atoms with Gasteiger partial charge in [-0.1, -0.05) is 16.8 Å². The van der Waals surface area contributed by atoms with Gasteiger partial charge in [-0.2, -0.15) is 0 Å². The van der Waals surface area contributed by atoms with E-state index in [0.29, 0.717) is 40.0 Å². The summed E-state index contributed by atoms with van der Waals surface area (Å²) >= 11 is 6.41. The number of aliphatic hydroxyl groups excluding tert-OH is 2. The fraction of sp³-hybridized carbons (Fsp3) is 0.500. The van der Waals surface area contributed by atoms with Gasteiger partial charge >= 0.3 is 11.4 Å². The largest absolute Gasteiger partial charge is 0.467 e. The number of aliphatic hydroxyl groups is 2. The van der Waals surface area contributed by atoms with Gasteiger partial charge in [-0.25, -0.2) is 23.5 Å². The predicted molar refractivity (Wildman–Crippen MR) is 139 cm³/mol. The molecule has 0 spiro atoms. The standard InChI is InChI=1S/C26H27ClN4O10/c27-17-7-19-18(38-12-39-19)6-13(17)8-29-25(34)30-4-3-16-20(23-24(41-23)22(33)21(16)31(30)26(29)35)28-40-10-14(32)9-36-11-15-2-1-5-37-15/h1-2,5-7,14,16,21-24,32-33H,3-4,8-12H2/b28-20+/t14-,16-,21+,22-,23+,24+/m0/s1. The van der Waals surface area contributed by atoms with Gasteiger partial charge in [-0.05, 0) is 30.2 Å². The molecule has 14 nitrogen and oxygen atoms in total. The number of hydrogen-bond acceptors (Lipinski definition) is 11. The van der Waals surface area contributed by atoms with Crippen molar-refractivity contribution in [2.45, 2.75) is 56.6 Å². The number of fused-ring (bicyclic) bond motifs is 5. The van der Waals surface area contributed by atoms with Crippen molar-refractivity contribution in [1.82, 2.24) is 13.9 Å². The van der Waals surface area contributed by atoms with Gasteiger partial charge in [0.15, 0.2) is 11.5 Å². The molecule has 1 saturated carbocycles. The number of rotatable bonds is 9. The number of nitrogens with zero attached hydrogens (tertiary/aromatic N) is 4. The Morgan fingerprint density at radius 2 is 2.00 bits per heavy atom. The first-order chi connectivity index (χ1) is 19.9. The molecule has 218 valence electrons. The summed E-state index contributed by atoms with van der Waals surface area (Å²) in [5, 5.41) is 25.9. The maximum absolute atomic E-state index is 13.6. The molecule has 15 heteroatoms. The van der Waals surface area contributed by atoms with Gasteiger partial charge in [0.25, 0.3) is 0 Å². The van der Waals surface area contributed by atoms with E-state index in [1.807, 2.05) is 0 Å². The van der Waals surface area contributed by atoms with Crippen LogP contribution in [0.25, 0.3) is 0 Å². The van der Waals surface area contributed by atoms with E-state index in [1.54, 1.807) is 30.5 Å². The molecule has 0 bridgehead atoms. The Kier molecular flexibility index (Phi) is 6.66. The van der Waals surface area contributed by atoms with Gasteiger partial charge in [-0.15, -0.1) is 0 Å². The van der Waals surface area contributed by atoms with Crippen molar-refractivity contribution in [3.63, 3.8) is 0 Å². The highest BCUT2D eigenvalue weighted by molar-refractivity contribution is 6.31. The highest BCUT2D eigenvalue weighted by Gasteiger charge is 2.61. The Bertz CT molecular complexity index is 1590. The summed E-state index contributed by atoms with van der Waals surface area (Å²) < 4.78 is 30.8. The van der Waals surface area contributed by atoms with Crippen molar-refractivity contribution < 1.29 is 38.4 Å². The Balaban J connectivity index is 1.09. The van der Waals surface area contributed by atoms with Crippen molar-refractivity contribution in [1.29, 1.82) is 0 Å². The molecule has 2 aromatic heterocycles. The first-order valence-corrected chi connectivity index (χ1v) is 13.6. The van der Waals surface area contributed by atoms with Gasteiger partial charge in [0.1, 0.15) is 43.4 Å². The van der Waals surface area contributed by atoms with E-state index in [9.17, 15) is 19.8 Å². The SMILES string of the molecule is O=c1n(Cc2cc3c(cc2Cl)OCO3)c(=O)n2n1CC[C@H]1/C(=N\OC[C@@H](O)COCc3ccco3)[C@H]3O[C@@H]3[C@@H](O)[C@@H]12. The molecule has 6 atom stereocenters. The molecule has 1 saturated heterocycles. The number of epoxide rings is 1. The lowest BCUT2D eigenvalue weighted by Crippen LogP contribution is -2.53. The van der Waals surface area contributed by atoms with Crippen LogP contribution in [0.15, 0.2) is 49.7 Å². The smallest absolute Gasteiger partial charge is 0.347 e. The van der Waals surface area contributed by atoms with Crippen LogP contribution >= 0.6 is 11.6 Å². The van der Waals surface area contributed by atoms with Crippen LogP contribution in [-0.2, 0) is 34.0 Å². The molecule has 5 heterocycles. The summed E-state index contributed by atoms with van der Waals surface area (Å²) in [6, 6.07) is 5.97. The minimum atomic E-state index is -1.03. The van der Waals surface area contributed by atoms with Crippen molar-refractivity contribution >= 4 is 17.3 Å². The Hall–Kier alpha value is -3.56. The van der Waals surface area contributed by atoms with Crippen LogP contribution in [0.4, 0.5) is 0 Å². The second-order valence-corrected chi connectivity index (χ2v) is 10.8. The van der Waals surface area contributed by atoms with E-state index in [4.69, 9.17) is 39.8 Å². The maximum Gasteiger partial charge on any atom is 0.347 e. The molecule has 3 aliphatic heterocycles. The molecular formula is C26H27ClN4O10. The van der Waals surface area contributed by atoms with Crippen LogP contribution in [0, 0.1) is 5.92 Å². The number of halogens is 1. The monoisotopic (exact) mass is 590 g/mol. The van der Waals surface area contributed by atoms with E-state index in [2.05, 4.69) is 5.16 Å². The molecule has 4 aliphatic rings. The molecule has 3 aromatic rings. The normalized spacial score (nSPS) is 27.3. The second-order valence-electron chi connectivity index (χ2n) is 10.4. The van der Waals surface area contributed by atoms with Gasteiger partial charge in [0.2, 0.25) is 6.79 Å². The number of aromatic nitrogens is 3. The van der Waals surface area contributed by atoms with Crippen LogP contribution in [-0.4, -0.2) is 74.3 Å². The molecule has 0 unspecified atom stereocenters. The lowest BCUT2D eigenvalue weighted by atomic mass is 9.78. The Morgan fingerprint density at radius 1 is 1.17 bits per heavy atom. The zero-order valence-electron chi connectivity index (χ0n) is 21.6. The molecule has 7 rings (SSSR count). The number of benzene rings is 1. The fourth-order valence-electron chi connectivity index (χ4n) is 5.81. The number of hydrogen-bond donors (Lipinski definition) is 2. The van der Waals surface area contributed by atoms with E-state index in [1.165, 1.54) is 9.36 Å². The van der Waals surface area contributed by atoms with E-state index in [0.717, 1.165) is 4.57 Å². The number of furan rings is 1. The molecule has 1 aromatic carbocycles. The summed E-state index contributed by atoms with van der Waals surface area (Å²) in [6.07, 6.45) is -1.04. The first kappa shape index (κ1) is 26.3. The summed E-state index contributed by atoms with van der Waals surface area (Å²) in [7, 11) is 0. The molecule has 2 N–H and O–H groups in total. The molecule has 0 radical (unpaired) electrons. The van der Waals surface area contributed by atoms with Crippen LogP contribution < -0.4 is 20.9 Å². The van der Waals surface area contributed by atoms with Gasteiger partial charge in [0.05, 0.1) is 31.2 Å². The Labute approximate surface area is 236 Å². The van der Waals surface area contributed by atoms with Crippen molar-refractivity contribution in [2.24, 2.45) is 11.1 Å². The average Bonchev–Trinajstić information content (AvgIpc) is 3.24. The fourth-order valence-corrected chi connectivity index (χ4v) is 6.02. The predicted octanol–water partition coefficient (Wildman–Crippen LogP) is 0.488. The second kappa shape index (κ2) is 10.4. The highest BCUT2D eigenvalue weighted by Crippen LogP contribution is 2.46. The van der Waals surface area contributed by atoms with E-state index in [-0.39, 0.29) is 39.7 Å². The zero-order valence-corrected chi connectivity index (χ0v) is 22.4. The number of oxime groups is 1. The minimum absolute atomic E-state index is 0.0153. The maximum atomic E-state index is 13.6. The molecule has 41 heavy (non-hydrogen) atoms.